The predicted molar refractivity (Wildman–Crippen MR) is 73.9 cm³/mol. The highest BCUT2D eigenvalue weighted by molar-refractivity contribution is 5.34. The first-order valence-corrected chi connectivity index (χ1v) is 6.83. The van der Waals surface area contributed by atoms with Crippen LogP contribution >= 0.6 is 0 Å². The van der Waals surface area contributed by atoms with Gasteiger partial charge in [0.15, 0.2) is 0 Å². The highest BCUT2D eigenvalue weighted by atomic mass is 16.5. The SMILES string of the molecule is COc1ccccc1CC1(O)CCCCC1(C)C. The summed E-state index contributed by atoms with van der Waals surface area (Å²) in [5.41, 5.74) is 0.476. The first kappa shape index (κ1) is 13.4. The van der Waals surface area contributed by atoms with Gasteiger partial charge in [0.2, 0.25) is 0 Å². The number of ether oxygens (including phenoxy) is 1. The zero-order valence-corrected chi connectivity index (χ0v) is 11.7. The van der Waals surface area contributed by atoms with E-state index in [0.29, 0.717) is 6.42 Å². The molecule has 1 unspecified atom stereocenters. The molecule has 1 aliphatic carbocycles. The van der Waals surface area contributed by atoms with Crippen LogP contribution in [0.5, 0.6) is 5.75 Å². The van der Waals surface area contributed by atoms with Crippen molar-refractivity contribution in [2.24, 2.45) is 5.41 Å². The molecule has 0 heterocycles. The highest BCUT2D eigenvalue weighted by Gasteiger charge is 2.45. The summed E-state index contributed by atoms with van der Waals surface area (Å²) in [7, 11) is 1.69. The maximum atomic E-state index is 11.0. The molecule has 100 valence electrons. The van der Waals surface area contributed by atoms with Crippen LogP contribution in [-0.4, -0.2) is 17.8 Å². The normalized spacial score (nSPS) is 26.9. The van der Waals surface area contributed by atoms with Gasteiger partial charge in [-0.3, -0.25) is 0 Å². The Morgan fingerprint density at radius 1 is 1.17 bits per heavy atom. The van der Waals surface area contributed by atoms with Crippen molar-refractivity contribution in [2.75, 3.05) is 7.11 Å². The Bertz CT molecular complexity index is 411. The van der Waals surface area contributed by atoms with Crippen LogP contribution in [0.25, 0.3) is 0 Å². The van der Waals surface area contributed by atoms with Crippen molar-refractivity contribution < 1.29 is 9.84 Å². The molecule has 1 aliphatic rings. The summed E-state index contributed by atoms with van der Waals surface area (Å²) in [5.74, 6) is 0.882. The van der Waals surface area contributed by atoms with Gasteiger partial charge >= 0.3 is 0 Å². The zero-order valence-electron chi connectivity index (χ0n) is 11.7. The van der Waals surface area contributed by atoms with E-state index in [0.717, 1.165) is 30.6 Å². The van der Waals surface area contributed by atoms with E-state index in [9.17, 15) is 5.11 Å². The minimum absolute atomic E-state index is 0.0217. The summed E-state index contributed by atoms with van der Waals surface area (Å²) in [6, 6.07) is 8.01. The monoisotopic (exact) mass is 248 g/mol. The smallest absolute Gasteiger partial charge is 0.122 e. The number of methoxy groups -OCH3 is 1. The second-order valence-electron chi connectivity index (χ2n) is 6.11. The van der Waals surface area contributed by atoms with E-state index < -0.39 is 5.60 Å². The molecule has 18 heavy (non-hydrogen) atoms. The van der Waals surface area contributed by atoms with Gasteiger partial charge in [0.1, 0.15) is 5.75 Å². The van der Waals surface area contributed by atoms with Crippen LogP contribution in [-0.2, 0) is 6.42 Å². The van der Waals surface area contributed by atoms with Crippen molar-refractivity contribution >= 4 is 0 Å². The summed E-state index contributed by atoms with van der Waals surface area (Å²) in [5, 5.41) is 11.0. The quantitative estimate of drug-likeness (QED) is 0.886. The summed E-state index contributed by atoms with van der Waals surface area (Å²) in [6.07, 6.45) is 5.01. The number of para-hydroxylation sites is 1. The van der Waals surface area contributed by atoms with Crippen LogP contribution in [0.3, 0.4) is 0 Å². The molecule has 0 bridgehead atoms. The molecule has 0 aromatic heterocycles. The van der Waals surface area contributed by atoms with Crippen LogP contribution in [0.4, 0.5) is 0 Å². The van der Waals surface area contributed by atoms with Crippen molar-refractivity contribution in [3.05, 3.63) is 29.8 Å². The van der Waals surface area contributed by atoms with E-state index in [1.807, 2.05) is 18.2 Å². The second-order valence-corrected chi connectivity index (χ2v) is 6.11. The number of hydrogen-bond acceptors (Lipinski definition) is 2. The molecular weight excluding hydrogens is 224 g/mol. The van der Waals surface area contributed by atoms with E-state index in [1.54, 1.807) is 7.11 Å². The molecule has 0 saturated heterocycles. The van der Waals surface area contributed by atoms with E-state index >= 15 is 0 Å². The zero-order chi connectivity index (χ0) is 13.2. The Morgan fingerprint density at radius 3 is 2.50 bits per heavy atom. The van der Waals surface area contributed by atoms with Gasteiger partial charge in [-0.05, 0) is 29.9 Å². The van der Waals surface area contributed by atoms with Gasteiger partial charge in [0.25, 0.3) is 0 Å². The molecule has 0 spiro atoms. The van der Waals surface area contributed by atoms with Crippen LogP contribution in [0.2, 0.25) is 0 Å². The predicted octanol–water partition coefficient (Wildman–Crippen LogP) is 3.57. The topological polar surface area (TPSA) is 29.5 Å². The molecule has 1 aromatic rings. The lowest BCUT2D eigenvalue weighted by Crippen LogP contribution is -2.48. The summed E-state index contributed by atoms with van der Waals surface area (Å²) in [6.45, 7) is 4.36. The molecule has 1 N–H and O–H groups in total. The van der Waals surface area contributed by atoms with Gasteiger partial charge in [0.05, 0.1) is 12.7 Å². The fourth-order valence-corrected chi connectivity index (χ4v) is 3.05. The molecule has 2 rings (SSSR count). The lowest BCUT2D eigenvalue weighted by Gasteiger charge is -2.47. The summed E-state index contributed by atoms with van der Waals surface area (Å²) in [4.78, 5) is 0. The standard InChI is InChI=1S/C16H24O2/c1-15(2)10-6-7-11-16(15,17)12-13-8-4-5-9-14(13)18-3/h4-5,8-9,17H,6-7,10-12H2,1-3H3. The summed E-state index contributed by atoms with van der Waals surface area (Å²) < 4.78 is 5.39. The third-order valence-corrected chi connectivity index (χ3v) is 4.58. The van der Waals surface area contributed by atoms with Gasteiger partial charge in [-0.1, -0.05) is 44.9 Å². The van der Waals surface area contributed by atoms with Crippen LogP contribution in [0.15, 0.2) is 24.3 Å². The number of rotatable bonds is 3. The van der Waals surface area contributed by atoms with Crippen LogP contribution < -0.4 is 4.74 Å². The van der Waals surface area contributed by atoms with Crippen molar-refractivity contribution in [3.8, 4) is 5.75 Å². The lowest BCUT2D eigenvalue weighted by atomic mass is 9.63. The molecule has 0 aliphatic heterocycles. The van der Waals surface area contributed by atoms with Crippen molar-refractivity contribution in [1.82, 2.24) is 0 Å². The largest absolute Gasteiger partial charge is 0.496 e. The molecule has 1 saturated carbocycles. The first-order chi connectivity index (χ1) is 8.48. The van der Waals surface area contributed by atoms with E-state index in [-0.39, 0.29) is 5.41 Å². The van der Waals surface area contributed by atoms with E-state index in [1.165, 1.54) is 6.42 Å². The number of hydrogen-bond donors (Lipinski definition) is 1. The second kappa shape index (κ2) is 4.93. The van der Waals surface area contributed by atoms with E-state index in [4.69, 9.17) is 4.74 Å². The Morgan fingerprint density at radius 2 is 1.83 bits per heavy atom. The molecule has 0 amide bonds. The number of benzene rings is 1. The average Bonchev–Trinajstić information content (AvgIpc) is 2.34. The van der Waals surface area contributed by atoms with Gasteiger partial charge in [-0.15, -0.1) is 0 Å². The minimum Gasteiger partial charge on any atom is -0.496 e. The van der Waals surface area contributed by atoms with Crippen molar-refractivity contribution in [3.63, 3.8) is 0 Å². The molecule has 0 radical (unpaired) electrons. The fourth-order valence-electron chi connectivity index (χ4n) is 3.05. The van der Waals surface area contributed by atoms with Gasteiger partial charge in [-0.2, -0.15) is 0 Å². The molecule has 1 atom stereocenters. The van der Waals surface area contributed by atoms with Crippen molar-refractivity contribution in [2.45, 2.75) is 51.6 Å². The molecule has 2 nitrogen and oxygen atoms in total. The first-order valence-electron chi connectivity index (χ1n) is 6.83. The Hall–Kier alpha value is -1.02. The van der Waals surface area contributed by atoms with Crippen LogP contribution in [0.1, 0.15) is 45.1 Å². The third-order valence-electron chi connectivity index (χ3n) is 4.58. The molecular formula is C16H24O2. The Balaban J connectivity index is 2.26. The van der Waals surface area contributed by atoms with Gasteiger partial charge in [-0.25, -0.2) is 0 Å². The van der Waals surface area contributed by atoms with Gasteiger partial charge in [0, 0.05) is 6.42 Å². The summed E-state index contributed by atoms with van der Waals surface area (Å²) >= 11 is 0. The van der Waals surface area contributed by atoms with Crippen molar-refractivity contribution in [1.29, 1.82) is 0 Å². The number of aliphatic hydroxyl groups is 1. The average molecular weight is 248 g/mol. The lowest BCUT2D eigenvalue weighted by molar-refractivity contribution is -0.0960. The molecule has 1 aromatic carbocycles. The third kappa shape index (κ3) is 2.39. The minimum atomic E-state index is -0.611. The molecule has 1 fully saturated rings. The molecule has 2 heteroatoms. The van der Waals surface area contributed by atoms with Crippen LogP contribution in [0, 0.1) is 5.41 Å². The fraction of sp³-hybridized carbons (Fsp3) is 0.625. The van der Waals surface area contributed by atoms with Gasteiger partial charge < -0.3 is 9.84 Å². The Labute approximate surface area is 110 Å². The van der Waals surface area contributed by atoms with E-state index in [2.05, 4.69) is 19.9 Å². The highest BCUT2D eigenvalue weighted by Crippen LogP contribution is 2.46. The maximum absolute atomic E-state index is 11.0. The Kier molecular flexibility index (Phi) is 3.67. The maximum Gasteiger partial charge on any atom is 0.122 e.